The molecule has 1 heterocycles. The Morgan fingerprint density at radius 2 is 1.31 bits per heavy atom. The number of hydrogen-bond donors (Lipinski definition) is 1. The van der Waals surface area contributed by atoms with Crippen molar-refractivity contribution in [2.75, 3.05) is 91.8 Å². The van der Waals surface area contributed by atoms with E-state index in [0.29, 0.717) is 32.0 Å². The minimum atomic E-state index is -1.32. The van der Waals surface area contributed by atoms with Gasteiger partial charge in [0.1, 0.15) is 12.4 Å². The van der Waals surface area contributed by atoms with Crippen molar-refractivity contribution >= 4 is 23.9 Å². The molecule has 15 heteroatoms. The number of carboxylic acids is 4. The zero-order valence-corrected chi connectivity index (χ0v) is 26.0. The molecule has 0 aromatic heterocycles. The average molecular weight is 737 g/mol. The van der Waals surface area contributed by atoms with Crippen LogP contribution in [0.5, 0.6) is 5.75 Å². The fourth-order valence-corrected chi connectivity index (χ4v) is 4.69. The van der Waals surface area contributed by atoms with Crippen molar-refractivity contribution in [3.8, 4) is 5.75 Å². The van der Waals surface area contributed by atoms with Gasteiger partial charge in [0, 0.05) is 78.1 Å². The van der Waals surface area contributed by atoms with E-state index in [1.54, 1.807) is 31.7 Å². The topological polar surface area (TPSA) is 189 Å². The van der Waals surface area contributed by atoms with Crippen molar-refractivity contribution in [2.45, 2.75) is 19.4 Å². The summed E-state index contributed by atoms with van der Waals surface area (Å²) in [5, 5.41) is 44.0. The van der Waals surface area contributed by atoms with Gasteiger partial charge in [0.2, 0.25) is 0 Å². The predicted octanol–water partition coefficient (Wildman–Crippen LogP) is -4.43. The van der Waals surface area contributed by atoms with E-state index >= 15 is 0 Å². The number of nitrogens with zero attached hydrogens (tertiary/aromatic N) is 4. The first kappa shape index (κ1) is 38.0. The molecule has 0 saturated carbocycles. The van der Waals surface area contributed by atoms with Gasteiger partial charge in [0.05, 0.1) is 31.1 Å². The van der Waals surface area contributed by atoms with Crippen molar-refractivity contribution in [2.24, 2.45) is 0 Å². The van der Waals surface area contributed by atoms with Gasteiger partial charge in [-0.2, -0.15) is 0 Å². The number of carboxylic acid groups (broad SMARTS) is 4. The minimum absolute atomic E-state index is 0. The minimum Gasteiger partial charge on any atom is -0.549 e. The van der Waals surface area contributed by atoms with Crippen LogP contribution in [0.2, 0.25) is 0 Å². The largest absolute Gasteiger partial charge is 3.00 e. The van der Waals surface area contributed by atoms with Crippen molar-refractivity contribution < 1.29 is 89.0 Å². The normalized spacial score (nSPS) is 18.3. The molecule has 0 amide bonds. The molecule has 235 valence electrons. The fraction of sp³-hybridized carbons (Fsp3) is 0.630. The summed E-state index contributed by atoms with van der Waals surface area (Å²) in [5.74, 6) is -4.40. The maximum absolute atomic E-state index is 11.7. The van der Waals surface area contributed by atoms with Gasteiger partial charge in [-0.25, -0.2) is 0 Å². The summed E-state index contributed by atoms with van der Waals surface area (Å²) < 4.78 is 10.9. The Kier molecular flexibility index (Phi) is 18.9. The van der Waals surface area contributed by atoms with E-state index in [0.717, 1.165) is 5.56 Å². The number of aliphatic carboxylic acids is 4. The van der Waals surface area contributed by atoms with Crippen LogP contribution in [0.3, 0.4) is 0 Å². The number of rotatable bonds is 15. The standard InChI is InChI=1S/C27H42N4O10.Gd/c1-2-40-13-14-41-23-5-3-21(4-6-23)15-22-16-30(19-26(36)37)10-9-28(17-24(32)33)7-8-29(18-25(34)35)11-12-31(22)20-27(38)39;/h3-6,22H,2,7-20H2,1H3,(H,32,33)(H,34,35)(H,36,37)(H,38,39);/q;+3/p-3/t22-;/m0./s1. The van der Waals surface area contributed by atoms with Crippen LogP contribution in [0, 0.1) is 39.9 Å². The van der Waals surface area contributed by atoms with Gasteiger partial charge in [-0.15, -0.1) is 0 Å². The molecule has 0 bridgehead atoms. The quantitative estimate of drug-likeness (QED) is 0.170. The van der Waals surface area contributed by atoms with E-state index in [9.17, 15) is 39.6 Å². The number of hydrogen-bond acceptors (Lipinski definition) is 13. The van der Waals surface area contributed by atoms with Crippen LogP contribution in [0.4, 0.5) is 0 Å². The zero-order chi connectivity index (χ0) is 30.2. The van der Waals surface area contributed by atoms with E-state index in [1.807, 2.05) is 19.1 Å². The number of carbonyl (C=O) groups excluding carboxylic acids is 3. The summed E-state index contributed by atoms with van der Waals surface area (Å²) >= 11 is 0. The molecule has 1 aliphatic heterocycles. The third-order valence-electron chi connectivity index (χ3n) is 6.65. The second kappa shape index (κ2) is 20.8. The third-order valence-corrected chi connectivity index (χ3v) is 6.65. The molecule has 1 aromatic carbocycles. The molecule has 1 radical (unpaired) electrons. The van der Waals surface area contributed by atoms with Gasteiger partial charge in [0.15, 0.2) is 0 Å². The summed E-state index contributed by atoms with van der Waals surface area (Å²) in [7, 11) is 0. The molecule has 1 fully saturated rings. The first-order valence-electron chi connectivity index (χ1n) is 13.6. The zero-order valence-electron chi connectivity index (χ0n) is 23.8. The van der Waals surface area contributed by atoms with E-state index in [2.05, 4.69) is 0 Å². The van der Waals surface area contributed by atoms with Gasteiger partial charge in [-0.05, 0) is 31.0 Å². The van der Waals surface area contributed by atoms with Crippen LogP contribution in [0.15, 0.2) is 24.3 Å². The Hall–Kier alpha value is -1.98. The van der Waals surface area contributed by atoms with Crippen molar-refractivity contribution in [3.63, 3.8) is 0 Å². The molecule has 42 heavy (non-hydrogen) atoms. The summed E-state index contributed by atoms with van der Waals surface area (Å²) in [5.41, 5.74) is 0.844. The van der Waals surface area contributed by atoms with Gasteiger partial charge >= 0.3 is 45.9 Å². The Labute approximate surface area is 277 Å². The molecular formula is C27H39GdN4O10. The van der Waals surface area contributed by atoms with Crippen LogP contribution in [0.1, 0.15) is 12.5 Å². The molecule has 1 aromatic rings. The summed E-state index contributed by atoms with van der Waals surface area (Å²) in [4.78, 5) is 52.5. The molecular weight excluding hydrogens is 698 g/mol. The number of carbonyl (C=O) groups is 4. The third kappa shape index (κ3) is 16.0. The number of ether oxygens (including phenoxy) is 2. The molecule has 0 spiro atoms. The molecule has 1 aliphatic rings. The monoisotopic (exact) mass is 737 g/mol. The summed E-state index contributed by atoms with van der Waals surface area (Å²) in [6.07, 6.45) is 0.345. The first-order valence-corrected chi connectivity index (χ1v) is 13.6. The fourth-order valence-electron chi connectivity index (χ4n) is 4.69. The van der Waals surface area contributed by atoms with E-state index in [4.69, 9.17) is 9.47 Å². The van der Waals surface area contributed by atoms with Gasteiger partial charge < -0.3 is 44.3 Å². The molecule has 0 unspecified atom stereocenters. The number of benzene rings is 1. The van der Waals surface area contributed by atoms with Crippen molar-refractivity contribution in [3.05, 3.63) is 29.8 Å². The maximum atomic E-state index is 11.7. The molecule has 1 atom stereocenters. The molecule has 2 rings (SSSR count). The van der Waals surface area contributed by atoms with Crippen LogP contribution in [-0.4, -0.2) is 146 Å². The first-order chi connectivity index (χ1) is 19.5. The predicted molar refractivity (Wildman–Crippen MR) is 139 cm³/mol. The Morgan fingerprint density at radius 1 is 0.786 bits per heavy atom. The summed E-state index contributed by atoms with van der Waals surface area (Å²) in [6, 6.07) is 6.74. The van der Waals surface area contributed by atoms with E-state index in [1.165, 1.54) is 0 Å². The van der Waals surface area contributed by atoms with Crippen LogP contribution in [0.25, 0.3) is 0 Å². The smallest absolute Gasteiger partial charge is 0.549 e. The van der Waals surface area contributed by atoms with E-state index < -0.39 is 49.6 Å². The second-order valence-electron chi connectivity index (χ2n) is 9.81. The van der Waals surface area contributed by atoms with Gasteiger partial charge in [-0.1, -0.05) is 12.1 Å². The SMILES string of the molecule is CCOCCOc1ccc(C[C@H]2CN(CC(=O)[O-])CCN(CC(=O)[O-])CCN(CC(=O)O)CCN2CC(=O)[O-])cc1.[Gd+3]. The molecule has 1 saturated heterocycles. The van der Waals surface area contributed by atoms with E-state index in [-0.39, 0.29) is 92.3 Å². The van der Waals surface area contributed by atoms with Gasteiger partial charge in [-0.3, -0.25) is 24.4 Å². The molecule has 14 nitrogen and oxygen atoms in total. The van der Waals surface area contributed by atoms with Crippen LogP contribution in [-0.2, 0) is 30.3 Å². The average Bonchev–Trinajstić information content (AvgIpc) is 2.88. The summed E-state index contributed by atoms with van der Waals surface area (Å²) in [6.45, 7) is 2.91. The molecule has 0 aliphatic carbocycles. The Bertz CT molecular complexity index is 984. The van der Waals surface area contributed by atoms with Crippen LogP contribution < -0.4 is 20.1 Å². The Balaban J connectivity index is 0.00000882. The van der Waals surface area contributed by atoms with Crippen LogP contribution >= 0.6 is 0 Å². The maximum Gasteiger partial charge on any atom is 3.00 e. The molecule has 1 N–H and O–H groups in total. The van der Waals surface area contributed by atoms with Crippen molar-refractivity contribution in [1.82, 2.24) is 19.6 Å². The van der Waals surface area contributed by atoms with Crippen molar-refractivity contribution in [1.29, 1.82) is 0 Å². The van der Waals surface area contributed by atoms with Gasteiger partial charge in [0.25, 0.3) is 0 Å². The second-order valence-corrected chi connectivity index (χ2v) is 9.81. The Morgan fingerprint density at radius 3 is 1.86 bits per heavy atom.